The number of anilines is 1. The normalized spacial score (nSPS) is 13.2. The molecule has 0 fully saturated rings. The van der Waals surface area contributed by atoms with Gasteiger partial charge in [0.25, 0.3) is 5.56 Å². The molecule has 162 valence electrons. The zero-order valence-electron chi connectivity index (χ0n) is 17.3. The fourth-order valence-electron chi connectivity index (χ4n) is 4.00. The fourth-order valence-corrected chi connectivity index (χ4v) is 5.20. The lowest BCUT2D eigenvalue weighted by Crippen LogP contribution is -2.38. The summed E-state index contributed by atoms with van der Waals surface area (Å²) in [5, 5.41) is 3.29. The number of nitrogens with one attached hydrogen (secondary N) is 1. The van der Waals surface area contributed by atoms with Crippen LogP contribution in [0.4, 0.5) is 14.9 Å². The topological polar surface area (TPSA) is 67.2 Å². The van der Waals surface area contributed by atoms with Gasteiger partial charge in [0.15, 0.2) is 0 Å². The van der Waals surface area contributed by atoms with Crippen LogP contribution in [0.2, 0.25) is 0 Å². The number of amides is 2. The third kappa shape index (κ3) is 3.89. The van der Waals surface area contributed by atoms with Gasteiger partial charge in [-0.2, -0.15) is 0 Å². The van der Waals surface area contributed by atoms with Gasteiger partial charge < -0.3 is 10.2 Å². The molecule has 0 radical (unpaired) electrons. The molecule has 8 heteroatoms. The van der Waals surface area contributed by atoms with Gasteiger partial charge in [0.1, 0.15) is 10.6 Å². The van der Waals surface area contributed by atoms with E-state index in [1.165, 1.54) is 29.0 Å². The van der Waals surface area contributed by atoms with Crippen LogP contribution in [-0.4, -0.2) is 27.0 Å². The summed E-state index contributed by atoms with van der Waals surface area (Å²) in [6, 6.07) is 15.8. The monoisotopic (exact) mass is 448 g/mol. The molecule has 32 heavy (non-hydrogen) atoms. The Balaban J connectivity index is 1.36. The van der Waals surface area contributed by atoms with Crippen LogP contribution in [0.15, 0.2) is 65.7 Å². The van der Waals surface area contributed by atoms with Crippen LogP contribution < -0.4 is 10.9 Å². The van der Waals surface area contributed by atoms with Crippen molar-refractivity contribution in [2.75, 3.05) is 11.9 Å². The average Bonchev–Trinajstić information content (AvgIpc) is 3.19. The van der Waals surface area contributed by atoms with Gasteiger partial charge in [-0.1, -0.05) is 42.5 Å². The number of carbonyl (C=O) groups is 1. The Labute approximate surface area is 187 Å². The van der Waals surface area contributed by atoms with Crippen molar-refractivity contribution in [2.24, 2.45) is 0 Å². The minimum absolute atomic E-state index is 0.0345. The summed E-state index contributed by atoms with van der Waals surface area (Å²) in [5.74, 6) is -0.472. The number of carbonyl (C=O) groups excluding carboxylic acids is 1. The lowest BCUT2D eigenvalue weighted by atomic mass is 10.1. The summed E-state index contributed by atoms with van der Waals surface area (Å²) in [4.78, 5) is 33.6. The van der Waals surface area contributed by atoms with Crippen molar-refractivity contribution < 1.29 is 9.18 Å². The smallest absolute Gasteiger partial charge is 0.319 e. The molecule has 2 amide bonds. The minimum Gasteiger partial charge on any atom is -0.319 e. The Morgan fingerprint density at radius 1 is 1.12 bits per heavy atom. The van der Waals surface area contributed by atoms with Crippen molar-refractivity contribution in [1.82, 2.24) is 14.5 Å². The Morgan fingerprint density at radius 2 is 1.91 bits per heavy atom. The zero-order valence-corrected chi connectivity index (χ0v) is 18.1. The largest absolute Gasteiger partial charge is 0.322 e. The highest BCUT2D eigenvalue weighted by Crippen LogP contribution is 2.32. The molecular weight excluding hydrogens is 427 g/mol. The maximum atomic E-state index is 13.9. The van der Waals surface area contributed by atoms with E-state index in [2.05, 4.69) is 10.3 Å². The van der Waals surface area contributed by atoms with Crippen LogP contribution in [0, 0.1) is 5.82 Å². The summed E-state index contributed by atoms with van der Waals surface area (Å²) in [6.45, 7) is 1.39. The van der Waals surface area contributed by atoms with Crippen molar-refractivity contribution in [3.63, 3.8) is 0 Å². The number of hydrogen-bond donors (Lipinski definition) is 1. The van der Waals surface area contributed by atoms with Gasteiger partial charge in [-0.05, 0) is 36.1 Å². The number of thiophene rings is 1. The maximum absolute atomic E-state index is 13.9. The van der Waals surface area contributed by atoms with Crippen LogP contribution >= 0.6 is 11.3 Å². The highest BCUT2D eigenvalue weighted by molar-refractivity contribution is 7.18. The predicted octanol–water partition coefficient (Wildman–Crippen LogP) is 4.43. The summed E-state index contributed by atoms with van der Waals surface area (Å²) >= 11 is 1.45. The Morgan fingerprint density at radius 3 is 2.72 bits per heavy atom. The van der Waals surface area contributed by atoms with E-state index >= 15 is 0 Å². The first kappa shape index (κ1) is 20.4. The fraction of sp³-hybridized carbons (Fsp3) is 0.208. The van der Waals surface area contributed by atoms with Gasteiger partial charge in [-0.15, -0.1) is 11.3 Å². The van der Waals surface area contributed by atoms with E-state index in [0.717, 1.165) is 16.9 Å². The van der Waals surface area contributed by atoms with Gasteiger partial charge in [-0.3, -0.25) is 9.36 Å². The van der Waals surface area contributed by atoms with E-state index in [-0.39, 0.29) is 17.3 Å². The lowest BCUT2D eigenvalue weighted by Gasteiger charge is -2.27. The van der Waals surface area contributed by atoms with Crippen molar-refractivity contribution in [1.29, 1.82) is 0 Å². The van der Waals surface area contributed by atoms with E-state index in [1.807, 2.05) is 30.3 Å². The molecule has 1 aliphatic rings. The number of aromatic nitrogens is 2. The summed E-state index contributed by atoms with van der Waals surface area (Å²) < 4.78 is 15.5. The number of halogens is 1. The molecule has 0 spiro atoms. The maximum Gasteiger partial charge on any atom is 0.322 e. The van der Waals surface area contributed by atoms with Gasteiger partial charge in [0.05, 0.1) is 23.9 Å². The molecule has 4 aromatic rings. The molecule has 0 saturated heterocycles. The number of aryl methyl sites for hydroxylation is 2. The molecule has 2 aromatic carbocycles. The number of benzene rings is 2. The number of urea groups is 1. The first-order valence-electron chi connectivity index (χ1n) is 10.4. The molecule has 0 saturated carbocycles. The minimum atomic E-state index is -0.472. The number of para-hydroxylation sites is 1. The molecule has 3 heterocycles. The van der Waals surface area contributed by atoms with E-state index in [1.54, 1.807) is 27.9 Å². The Bertz CT molecular complexity index is 1350. The van der Waals surface area contributed by atoms with Crippen LogP contribution in [0.1, 0.15) is 16.0 Å². The SMILES string of the molecule is O=C(Nc1ccccc1F)N1CCc2c(sc3ncn(CCc4ccccc4)c(=O)c23)C1. The summed E-state index contributed by atoms with van der Waals surface area (Å²) in [6.07, 6.45) is 2.93. The van der Waals surface area contributed by atoms with Crippen molar-refractivity contribution in [2.45, 2.75) is 25.9 Å². The van der Waals surface area contributed by atoms with E-state index in [4.69, 9.17) is 0 Å². The molecule has 0 aliphatic carbocycles. The number of fused-ring (bicyclic) bond motifs is 3. The zero-order chi connectivity index (χ0) is 22.1. The summed E-state index contributed by atoms with van der Waals surface area (Å²) in [7, 11) is 0. The van der Waals surface area contributed by atoms with E-state index in [9.17, 15) is 14.0 Å². The van der Waals surface area contributed by atoms with E-state index in [0.29, 0.717) is 36.3 Å². The molecule has 5 rings (SSSR count). The average molecular weight is 449 g/mol. The standard InChI is InChI=1S/C24H21FN4O2S/c25-18-8-4-5-9-19(18)27-24(31)28-13-11-17-20(14-28)32-22-21(17)23(30)29(15-26-22)12-10-16-6-2-1-3-7-16/h1-9,15H,10-14H2,(H,27,31). The Hall–Kier alpha value is -3.52. The van der Waals surface area contributed by atoms with Crippen LogP contribution in [0.25, 0.3) is 10.2 Å². The molecule has 0 atom stereocenters. The molecule has 1 aliphatic heterocycles. The molecule has 0 bridgehead atoms. The molecular formula is C24H21FN4O2S. The first-order valence-corrected chi connectivity index (χ1v) is 11.3. The molecule has 0 unspecified atom stereocenters. The van der Waals surface area contributed by atoms with Gasteiger partial charge in [0, 0.05) is 18.0 Å². The highest BCUT2D eigenvalue weighted by Gasteiger charge is 2.26. The Kier molecular flexibility index (Phi) is 5.45. The van der Waals surface area contributed by atoms with Crippen molar-refractivity contribution in [3.05, 3.63) is 93.1 Å². The van der Waals surface area contributed by atoms with Gasteiger partial charge in [-0.25, -0.2) is 14.2 Å². The summed E-state index contributed by atoms with van der Waals surface area (Å²) in [5.41, 5.74) is 2.27. The van der Waals surface area contributed by atoms with E-state index < -0.39 is 5.82 Å². The second-order valence-electron chi connectivity index (χ2n) is 7.74. The number of nitrogens with zero attached hydrogens (tertiary/aromatic N) is 3. The highest BCUT2D eigenvalue weighted by atomic mass is 32.1. The van der Waals surface area contributed by atoms with Crippen LogP contribution in [0.5, 0.6) is 0 Å². The number of hydrogen-bond acceptors (Lipinski definition) is 4. The quantitative estimate of drug-likeness (QED) is 0.502. The second kappa shape index (κ2) is 8.55. The van der Waals surface area contributed by atoms with Crippen LogP contribution in [0.3, 0.4) is 0 Å². The van der Waals surface area contributed by atoms with Crippen LogP contribution in [-0.2, 0) is 25.9 Å². The first-order chi connectivity index (χ1) is 15.6. The predicted molar refractivity (Wildman–Crippen MR) is 124 cm³/mol. The third-order valence-corrected chi connectivity index (χ3v) is 6.84. The van der Waals surface area contributed by atoms with Crippen molar-refractivity contribution in [3.8, 4) is 0 Å². The van der Waals surface area contributed by atoms with Crippen molar-refractivity contribution >= 4 is 33.3 Å². The molecule has 2 aromatic heterocycles. The second-order valence-corrected chi connectivity index (χ2v) is 8.83. The lowest BCUT2D eigenvalue weighted by molar-refractivity contribution is 0.207. The molecule has 1 N–H and O–H groups in total. The molecule has 6 nitrogen and oxygen atoms in total. The third-order valence-electron chi connectivity index (χ3n) is 5.71. The van der Waals surface area contributed by atoms with Gasteiger partial charge >= 0.3 is 6.03 Å². The van der Waals surface area contributed by atoms with Gasteiger partial charge in [0.2, 0.25) is 0 Å². The number of rotatable bonds is 4.